The van der Waals surface area contributed by atoms with Crippen molar-refractivity contribution in [3.63, 3.8) is 0 Å². The van der Waals surface area contributed by atoms with E-state index < -0.39 is 60.0 Å². The van der Waals surface area contributed by atoms with Gasteiger partial charge in [0.15, 0.2) is 0 Å². The lowest BCUT2D eigenvalue weighted by Crippen LogP contribution is -2.40. The van der Waals surface area contributed by atoms with E-state index in [0.29, 0.717) is 42.7 Å². The molecule has 0 bridgehead atoms. The molecule has 0 spiro atoms. The molecular weight excluding hydrogens is 1330 g/mol. The van der Waals surface area contributed by atoms with E-state index in [2.05, 4.69) is 56.9 Å². The molecular formula is C86H101N9O11. The number of Topliss-reactive ketones (excluding diaryl/α,β-unsaturated/α-hetero) is 1. The zero-order valence-corrected chi connectivity index (χ0v) is 63.4. The summed E-state index contributed by atoms with van der Waals surface area (Å²) in [6.07, 6.45) is 17.4. The van der Waals surface area contributed by atoms with Gasteiger partial charge in [-0.3, -0.25) is 58.1 Å². The highest BCUT2D eigenvalue weighted by molar-refractivity contribution is 5.84. The monoisotopic (exact) mass is 1440 g/mol. The van der Waals surface area contributed by atoms with Crippen LogP contribution in [0.15, 0.2) is 179 Å². The molecule has 556 valence electrons. The van der Waals surface area contributed by atoms with Gasteiger partial charge in [0, 0.05) is 96.6 Å². The number of rotatable bonds is 28. The summed E-state index contributed by atoms with van der Waals surface area (Å²) in [6.45, 7) is 27.2. The van der Waals surface area contributed by atoms with Crippen LogP contribution in [0.4, 0.5) is 0 Å². The topological polar surface area (TPSA) is 284 Å². The second-order valence-electron chi connectivity index (χ2n) is 29.0. The number of hydrogen-bond donors (Lipinski definition) is 5. The molecule has 6 heterocycles. The fraction of sp³-hybridized carbons (Fsp3) is 0.372. The molecule has 3 aromatic carbocycles. The van der Waals surface area contributed by atoms with Gasteiger partial charge in [0.25, 0.3) is 16.7 Å². The van der Waals surface area contributed by atoms with E-state index in [9.17, 15) is 53.4 Å². The molecule has 5 N–H and O–H groups in total. The minimum atomic E-state index is -1.04. The number of carboxylic acids is 2. The molecule has 6 atom stereocenters. The lowest BCUT2D eigenvalue weighted by molar-refractivity contribution is -0.139. The van der Waals surface area contributed by atoms with Crippen molar-refractivity contribution in [2.75, 3.05) is 0 Å². The number of hydrogen-bond acceptors (Lipinski definition) is 12. The Balaban J connectivity index is 0.000000201. The standard InChI is InChI=1S/C31H37N3O3.C28H33N3O4.C27H31N3O4/c1-19(2)13-28(34-18-24(23-9-10-23)11-12-29(34)36)31(37)33-27(14-22(5)35)25-15-26(17-32-16-25)30-20(3)7-6-8-21(30)4;1-17(2)12-25(31-11-10-18(3)13-26(31)32)28(35)30-24(15-27(33)34)21-14-23(20(5)29-16-21)22-9-7-6-8-19(22)4;1-5-7-23(30-11-10-17(2)12-24(30)31)27(34)29-22(14-25(32)33)20-13-21(16-28-15-20)26-18(3)8-6-9-19(26)4/h6-8,11-12,15-19,23,27-28H,9-10,13-14H2,1-5H3,(H,33,37);6-11,13-14,16-17,24-25H,12,15H2,1-5H3,(H,30,35)(H,33,34);6,8-13,15-16,22-23H,5,7,14H2,1-4H3,(H,29,34)(H,32,33)/t27-,28+;24-,25?;22-,23+/m110/s1. The lowest BCUT2D eigenvalue weighted by atomic mass is 9.94. The third-order valence-electron chi connectivity index (χ3n) is 19.1. The van der Waals surface area contributed by atoms with E-state index in [-0.39, 0.29) is 59.5 Å². The van der Waals surface area contributed by atoms with Crippen molar-refractivity contribution in [3.05, 3.63) is 263 Å². The number of aromatic nitrogens is 6. The Morgan fingerprint density at radius 2 is 0.915 bits per heavy atom. The predicted molar refractivity (Wildman–Crippen MR) is 414 cm³/mol. The van der Waals surface area contributed by atoms with Gasteiger partial charge >= 0.3 is 11.9 Å². The van der Waals surface area contributed by atoms with E-state index in [1.807, 2.05) is 161 Å². The number of benzene rings is 3. The average Bonchev–Trinajstić information content (AvgIpc) is 1.15. The highest BCUT2D eigenvalue weighted by atomic mass is 16.4. The first-order valence-electron chi connectivity index (χ1n) is 36.4. The Labute approximate surface area is 620 Å². The van der Waals surface area contributed by atoms with Crippen LogP contribution >= 0.6 is 0 Å². The van der Waals surface area contributed by atoms with Crippen molar-refractivity contribution in [2.24, 2.45) is 11.8 Å². The van der Waals surface area contributed by atoms with Crippen molar-refractivity contribution >= 4 is 35.4 Å². The number of carbonyl (C=O) groups is 6. The summed E-state index contributed by atoms with van der Waals surface area (Å²) in [5, 5.41) is 28.0. The first kappa shape index (κ1) is 80.7. The van der Waals surface area contributed by atoms with Crippen LogP contribution in [-0.2, 0) is 28.8 Å². The molecule has 0 aliphatic heterocycles. The Morgan fingerprint density at radius 1 is 0.481 bits per heavy atom. The molecule has 1 aliphatic rings. The molecule has 1 aliphatic carbocycles. The smallest absolute Gasteiger partial charge is 0.305 e. The summed E-state index contributed by atoms with van der Waals surface area (Å²) in [4.78, 5) is 128. The SMILES string of the molecule is CC(=O)C[C@@H](NC(=O)[C@H](CC(C)C)n1cc(C2CC2)ccc1=O)c1cncc(-c2c(C)cccc2C)c1.CCC[C@H](C(=O)N[C@@H](CC(=O)O)c1cncc(-c2c(C)cccc2C)c1)n1ccc(C)cc1=O.Cc1ccn(C(CC(C)C)C(=O)N[C@H](CC(=O)O)c2cnc(C)c(-c3ccccc3C)c2)c(=O)c1. The number of aryl methyl sites for hydroxylation is 8. The normalized spacial score (nSPS) is 13.5. The summed E-state index contributed by atoms with van der Waals surface area (Å²) in [5.41, 5.74) is 16.1. The molecule has 20 nitrogen and oxygen atoms in total. The number of carbonyl (C=O) groups excluding carboxylic acids is 4. The number of pyridine rings is 6. The van der Waals surface area contributed by atoms with E-state index >= 15 is 0 Å². The maximum Gasteiger partial charge on any atom is 0.305 e. The van der Waals surface area contributed by atoms with Gasteiger partial charge in [-0.25, -0.2) is 0 Å². The van der Waals surface area contributed by atoms with Crippen LogP contribution in [0.5, 0.6) is 0 Å². The van der Waals surface area contributed by atoms with Crippen molar-refractivity contribution in [3.8, 4) is 33.4 Å². The van der Waals surface area contributed by atoms with Crippen LogP contribution in [0.25, 0.3) is 33.4 Å². The maximum absolute atomic E-state index is 13.8. The van der Waals surface area contributed by atoms with Gasteiger partial charge in [-0.05, 0) is 220 Å². The quantitative estimate of drug-likeness (QED) is 0.0305. The fourth-order valence-electron chi connectivity index (χ4n) is 13.6. The van der Waals surface area contributed by atoms with E-state index in [1.165, 1.54) is 28.2 Å². The Hall–Kier alpha value is -11.0. The van der Waals surface area contributed by atoms with Gasteiger partial charge in [-0.1, -0.05) is 108 Å². The van der Waals surface area contributed by atoms with Gasteiger partial charge in [0.2, 0.25) is 17.7 Å². The third-order valence-corrected chi connectivity index (χ3v) is 19.1. The largest absolute Gasteiger partial charge is 0.481 e. The third kappa shape index (κ3) is 21.8. The molecule has 0 saturated heterocycles. The zero-order valence-electron chi connectivity index (χ0n) is 63.4. The number of nitrogens with one attached hydrogen (secondary N) is 3. The predicted octanol–water partition coefficient (Wildman–Crippen LogP) is 15.1. The van der Waals surface area contributed by atoms with Crippen molar-refractivity contribution < 1.29 is 39.0 Å². The highest BCUT2D eigenvalue weighted by Crippen LogP contribution is 2.40. The second-order valence-corrected chi connectivity index (χ2v) is 29.0. The number of nitrogens with zero attached hydrogens (tertiary/aromatic N) is 6. The van der Waals surface area contributed by atoms with E-state index in [0.717, 1.165) is 102 Å². The van der Waals surface area contributed by atoms with Crippen molar-refractivity contribution in [2.45, 2.75) is 197 Å². The molecule has 1 unspecified atom stereocenters. The Kier molecular flexibility index (Phi) is 28.2. The van der Waals surface area contributed by atoms with Crippen molar-refractivity contribution in [1.82, 2.24) is 44.6 Å². The fourth-order valence-corrected chi connectivity index (χ4v) is 13.6. The summed E-state index contributed by atoms with van der Waals surface area (Å²) < 4.78 is 4.42. The second kappa shape index (κ2) is 37.1. The van der Waals surface area contributed by atoms with Gasteiger partial charge in [-0.15, -0.1) is 0 Å². The number of aliphatic carboxylic acids is 2. The molecule has 1 fully saturated rings. The lowest BCUT2D eigenvalue weighted by Gasteiger charge is -2.25. The highest BCUT2D eigenvalue weighted by Gasteiger charge is 2.32. The van der Waals surface area contributed by atoms with Gasteiger partial charge in [0.1, 0.15) is 23.9 Å². The van der Waals surface area contributed by atoms with E-state index in [1.54, 1.807) is 59.9 Å². The number of carboxylic acid groups (broad SMARTS) is 2. The minimum absolute atomic E-state index is 0.0314. The maximum atomic E-state index is 13.8. The number of amides is 3. The zero-order chi connectivity index (χ0) is 77.2. The van der Waals surface area contributed by atoms with Crippen molar-refractivity contribution in [1.29, 1.82) is 0 Å². The van der Waals surface area contributed by atoms with Crippen LogP contribution < -0.4 is 32.6 Å². The van der Waals surface area contributed by atoms with Crippen LogP contribution in [0, 0.1) is 67.2 Å². The first-order chi connectivity index (χ1) is 50.4. The average molecular weight is 1440 g/mol. The molecule has 10 rings (SSSR count). The summed E-state index contributed by atoms with van der Waals surface area (Å²) in [6, 6.07) is 31.6. The Bertz CT molecular complexity index is 4790. The van der Waals surface area contributed by atoms with Crippen LogP contribution in [-0.4, -0.2) is 74.3 Å². The molecule has 9 aromatic rings. The summed E-state index contributed by atoms with van der Waals surface area (Å²) in [7, 11) is 0. The molecule has 106 heavy (non-hydrogen) atoms. The van der Waals surface area contributed by atoms with Crippen LogP contribution in [0.2, 0.25) is 0 Å². The van der Waals surface area contributed by atoms with Crippen LogP contribution in [0.1, 0.15) is 208 Å². The number of ketones is 1. The molecule has 3 amide bonds. The molecule has 1 saturated carbocycles. The Morgan fingerprint density at radius 3 is 1.35 bits per heavy atom. The summed E-state index contributed by atoms with van der Waals surface area (Å²) >= 11 is 0. The minimum Gasteiger partial charge on any atom is -0.481 e. The molecule has 20 heteroatoms. The van der Waals surface area contributed by atoms with E-state index in [4.69, 9.17) is 0 Å². The summed E-state index contributed by atoms with van der Waals surface area (Å²) in [5.74, 6) is -2.34. The first-order valence-corrected chi connectivity index (χ1v) is 36.4. The van der Waals surface area contributed by atoms with Gasteiger partial charge < -0.3 is 39.9 Å². The molecule has 0 radical (unpaired) electrons. The van der Waals surface area contributed by atoms with Gasteiger partial charge in [0.05, 0.1) is 31.0 Å². The van der Waals surface area contributed by atoms with Crippen LogP contribution in [0.3, 0.4) is 0 Å². The van der Waals surface area contributed by atoms with Gasteiger partial charge in [-0.2, -0.15) is 0 Å². The molecule has 6 aromatic heterocycles.